The van der Waals surface area contributed by atoms with E-state index in [-0.39, 0.29) is 5.92 Å². The van der Waals surface area contributed by atoms with Crippen LogP contribution in [0.1, 0.15) is 26.1 Å². The van der Waals surface area contributed by atoms with Crippen molar-refractivity contribution in [2.75, 3.05) is 0 Å². The van der Waals surface area contributed by atoms with Crippen LogP contribution in [0.15, 0.2) is 12.4 Å². The molecular weight excluding hydrogens is 192 g/mol. The van der Waals surface area contributed by atoms with Crippen molar-refractivity contribution in [1.29, 1.82) is 0 Å². The van der Waals surface area contributed by atoms with Gasteiger partial charge in [0.25, 0.3) is 0 Å². The maximum Gasteiger partial charge on any atom is 0.108 e. The van der Waals surface area contributed by atoms with Crippen LogP contribution >= 0.6 is 0 Å². The lowest BCUT2D eigenvalue weighted by Crippen LogP contribution is -2.31. The molecule has 0 aromatic carbocycles. The standard InChI is InChI=1S/C11H20N2O2/c1-8(2)11(15)9(14)4-5-10-12-6-7-13(10)3/h6-9,11,14-15H,4-5H2,1-3H3. The number of nitrogens with zero attached hydrogens (tertiary/aromatic N) is 2. The molecule has 0 radical (unpaired) electrons. The zero-order chi connectivity index (χ0) is 11.4. The SMILES string of the molecule is CC(C)C(O)C(O)CCc1nccn1C. The maximum absolute atomic E-state index is 9.69. The topological polar surface area (TPSA) is 58.3 Å². The van der Waals surface area contributed by atoms with Crippen LogP contribution in [0.5, 0.6) is 0 Å². The summed E-state index contributed by atoms with van der Waals surface area (Å²) in [7, 11) is 1.92. The van der Waals surface area contributed by atoms with Crippen molar-refractivity contribution < 1.29 is 10.2 Å². The predicted octanol–water partition coefficient (Wildman–Crippen LogP) is 0.730. The largest absolute Gasteiger partial charge is 0.390 e. The van der Waals surface area contributed by atoms with E-state index in [0.29, 0.717) is 12.8 Å². The number of aromatic nitrogens is 2. The van der Waals surface area contributed by atoms with Crippen LogP contribution in [-0.4, -0.2) is 32.0 Å². The molecule has 2 unspecified atom stereocenters. The Hall–Kier alpha value is -0.870. The molecule has 1 heterocycles. The second kappa shape index (κ2) is 5.28. The van der Waals surface area contributed by atoms with Crippen LogP contribution in [0.2, 0.25) is 0 Å². The van der Waals surface area contributed by atoms with E-state index in [1.165, 1.54) is 0 Å². The van der Waals surface area contributed by atoms with Gasteiger partial charge in [-0.15, -0.1) is 0 Å². The van der Waals surface area contributed by atoms with Gasteiger partial charge >= 0.3 is 0 Å². The smallest absolute Gasteiger partial charge is 0.108 e. The highest BCUT2D eigenvalue weighted by atomic mass is 16.3. The molecule has 2 atom stereocenters. The molecule has 0 amide bonds. The first kappa shape index (κ1) is 12.2. The fraction of sp³-hybridized carbons (Fsp3) is 0.727. The summed E-state index contributed by atoms with van der Waals surface area (Å²) in [6, 6.07) is 0. The molecule has 1 rings (SSSR count). The third-order valence-electron chi connectivity index (χ3n) is 2.66. The van der Waals surface area contributed by atoms with Crippen molar-refractivity contribution in [2.45, 2.75) is 38.9 Å². The molecular formula is C11H20N2O2. The Morgan fingerprint density at radius 2 is 2.07 bits per heavy atom. The second-order valence-corrected chi connectivity index (χ2v) is 4.30. The molecule has 0 spiro atoms. The van der Waals surface area contributed by atoms with E-state index in [2.05, 4.69) is 4.98 Å². The predicted molar refractivity (Wildman–Crippen MR) is 58.4 cm³/mol. The summed E-state index contributed by atoms with van der Waals surface area (Å²) in [6.45, 7) is 3.79. The Kier molecular flexibility index (Phi) is 4.29. The van der Waals surface area contributed by atoms with Gasteiger partial charge in [0, 0.05) is 25.9 Å². The van der Waals surface area contributed by atoms with Crippen molar-refractivity contribution in [3.8, 4) is 0 Å². The number of aryl methyl sites for hydroxylation is 2. The monoisotopic (exact) mass is 212 g/mol. The van der Waals surface area contributed by atoms with Crippen LogP contribution in [0.3, 0.4) is 0 Å². The minimum Gasteiger partial charge on any atom is -0.390 e. The fourth-order valence-electron chi connectivity index (χ4n) is 1.53. The Morgan fingerprint density at radius 3 is 2.53 bits per heavy atom. The zero-order valence-corrected chi connectivity index (χ0v) is 9.59. The van der Waals surface area contributed by atoms with Gasteiger partial charge in [-0.05, 0) is 12.3 Å². The van der Waals surface area contributed by atoms with Crippen LogP contribution in [0, 0.1) is 5.92 Å². The lowest BCUT2D eigenvalue weighted by molar-refractivity contribution is -0.0121. The van der Waals surface area contributed by atoms with Crippen molar-refractivity contribution in [3.63, 3.8) is 0 Å². The molecule has 0 bridgehead atoms. The van der Waals surface area contributed by atoms with Crippen LogP contribution in [0.4, 0.5) is 0 Å². The number of hydrogen-bond donors (Lipinski definition) is 2. The van der Waals surface area contributed by atoms with Gasteiger partial charge in [-0.1, -0.05) is 13.8 Å². The Labute approximate surface area is 90.6 Å². The molecule has 2 N–H and O–H groups in total. The molecule has 86 valence electrons. The number of hydrogen-bond acceptors (Lipinski definition) is 3. The number of rotatable bonds is 5. The van der Waals surface area contributed by atoms with Crippen molar-refractivity contribution in [2.24, 2.45) is 13.0 Å². The molecule has 15 heavy (non-hydrogen) atoms. The third kappa shape index (κ3) is 3.32. The minimum atomic E-state index is -0.665. The van der Waals surface area contributed by atoms with Gasteiger partial charge in [0.05, 0.1) is 12.2 Å². The average Bonchev–Trinajstić information content (AvgIpc) is 2.59. The van der Waals surface area contributed by atoms with Gasteiger partial charge in [0.1, 0.15) is 5.82 Å². The summed E-state index contributed by atoms with van der Waals surface area (Å²) < 4.78 is 1.93. The van der Waals surface area contributed by atoms with Crippen LogP contribution in [0.25, 0.3) is 0 Å². The van der Waals surface area contributed by atoms with Gasteiger partial charge < -0.3 is 14.8 Å². The lowest BCUT2D eigenvalue weighted by atomic mass is 9.98. The maximum atomic E-state index is 9.69. The lowest BCUT2D eigenvalue weighted by Gasteiger charge is -2.20. The molecule has 1 aromatic rings. The van der Waals surface area contributed by atoms with E-state index in [1.807, 2.05) is 31.7 Å². The zero-order valence-electron chi connectivity index (χ0n) is 9.59. The van der Waals surface area contributed by atoms with Crippen LogP contribution in [-0.2, 0) is 13.5 Å². The number of aliphatic hydroxyl groups is 2. The number of imidazole rings is 1. The number of aliphatic hydroxyl groups excluding tert-OH is 2. The Balaban J connectivity index is 2.40. The summed E-state index contributed by atoms with van der Waals surface area (Å²) in [5, 5.41) is 19.3. The van der Waals surface area contributed by atoms with Gasteiger partial charge in [0.2, 0.25) is 0 Å². The van der Waals surface area contributed by atoms with Crippen molar-refractivity contribution in [1.82, 2.24) is 9.55 Å². The summed E-state index contributed by atoms with van der Waals surface area (Å²) in [5.74, 6) is 1.02. The van der Waals surface area contributed by atoms with E-state index in [9.17, 15) is 10.2 Å². The Morgan fingerprint density at radius 1 is 1.40 bits per heavy atom. The fourth-order valence-corrected chi connectivity index (χ4v) is 1.53. The van der Waals surface area contributed by atoms with E-state index >= 15 is 0 Å². The molecule has 4 nitrogen and oxygen atoms in total. The van der Waals surface area contributed by atoms with Crippen molar-refractivity contribution in [3.05, 3.63) is 18.2 Å². The van der Waals surface area contributed by atoms with Crippen LogP contribution < -0.4 is 0 Å². The minimum absolute atomic E-state index is 0.0846. The van der Waals surface area contributed by atoms with E-state index in [1.54, 1.807) is 6.20 Å². The summed E-state index contributed by atoms with van der Waals surface area (Å²) in [5.41, 5.74) is 0. The molecule has 0 fully saturated rings. The molecule has 4 heteroatoms. The van der Waals surface area contributed by atoms with E-state index < -0.39 is 12.2 Å². The Bertz CT molecular complexity index is 297. The first-order valence-corrected chi connectivity index (χ1v) is 5.34. The second-order valence-electron chi connectivity index (χ2n) is 4.30. The molecule has 1 aromatic heterocycles. The van der Waals surface area contributed by atoms with Crippen molar-refractivity contribution >= 4 is 0 Å². The van der Waals surface area contributed by atoms with Gasteiger partial charge in [-0.3, -0.25) is 0 Å². The quantitative estimate of drug-likeness (QED) is 0.756. The molecule has 0 aliphatic rings. The summed E-state index contributed by atoms with van der Waals surface area (Å²) >= 11 is 0. The highest BCUT2D eigenvalue weighted by Crippen LogP contribution is 2.11. The molecule has 0 saturated carbocycles. The first-order valence-electron chi connectivity index (χ1n) is 5.34. The van der Waals surface area contributed by atoms with Gasteiger partial charge in [-0.25, -0.2) is 4.98 Å². The van der Waals surface area contributed by atoms with E-state index in [4.69, 9.17) is 0 Å². The normalized spacial score (nSPS) is 15.6. The van der Waals surface area contributed by atoms with E-state index in [0.717, 1.165) is 5.82 Å². The third-order valence-corrected chi connectivity index (χ3v) is 2.66. The molecule has 0 saturated heterocycles. The highest BCUT2D eigenvalue weighted by molar-refractivity contribution is 4.92. The first-order chi connectivity index (χ1) is 7.02. The molecule has 0 aliphatic carbocycles. The summed E-state index contributed by atoms with van der Waals surface area (Å²) in [6.07, 6.45) is 3.53. The highest BCUT2D eigenvalue weighted by Gasteiger charge is 2.19. The molecule has 0 aliphatic heterocycles. The summed E-state index contributed by atoms with van der Waals surface area (Å²) in [4.78, 5) is 4.16. The average molecular weight is 212 g/mol. The van der Waals surface area contributed by atoms with Gasteiger partial charge in [-0.2, -0.15) is 0 Å². The van der Waals surface area contributed by atoms with Gasteiger partial charge in [0.15, 0.2) is 0 Å².